The highest BCUT2D eigenvalue weighted by Gasteiger charge is 2.55. The summed E-state index contributed by atoms with van der Waals surface area (Å²) < 4.78 is 73.9. The van der Waals surface area contributed by atoms with E-state index in [-0.39, 0.29) is 32.7 Å². The summed E-state index contributed by atoms with van der Waals surface area (Å²) in [5.74, 6) is -0.973. The predicted molar refractivity (Wildman–Crippen MR) is 325 cm³/mol. The third kappa shape index (κ3) is 24.5. The fraction of sp³-hybridized carbons (Fsp3) is 0.536. The molecule has 0 aliphatic carbocycles. The number of amides is 1. The number of esters is 1. The van der Waals surface area contributed by atoms with Crippen LogP contribution in [0.25, 0.3) is 0 Å². The van der Waals surface area contributed by atoms with Crippen molar-refractivity contribution >= 4 is 19.7 Å². The Balaban J connectivity index is 1.17. The van der Waals surface area contributed by atoms with Crippen LogP contribution in [0.15, 0.2) is 152 Å². The number of ether oxygens (including phenoxy) is 6. The molecule has 1 unspecified atom stereocenters. The van der Waals surface area contributed by atoms with E-state index >= 15 is 9.36 Å². The fourth-order valence-electron chi connectivity index (χ4n) is 10.7. The molecule has 2 saturated heterocycles. The number of carbonyl (C=O) groups excluding carboxylic acids is 2. The maximum atomic E-state index is 15.3. The first kappa shape index (κ1) is 65.5. The topological polar surface area (TPSA) is 146 Å². The highest BCUT2D eigenvalue weighted by molar-refractivity contribution is 7.48. The number of carbonyl (C=O) groups is 2. The quantitative estimate of drug-likeness (QED) is 0.0226. The van der Waals surface area contributed by atoms with E-state index in [1.807, 2.05) is 152 Å². The summed E-state index contributed by atoms with van der Waals surface area (Å²) >= 11 is 0. The summed E-state index contributed by atoms with van der Waals surface area (Å²) in [5, 5.41) is 3.19. The minimum atomic E-state index is -4.60. The van der Waals surface area contributed by atoms with E-state index in [4.69, 9.17) is 42.0 Å². The molecule has 7 rings (SSSR count). The van der Waals surface area contributed by atoms with Gasteiger partial charge in [-0.15, -0.1) is 0 Å². The first-order valence-electron chi connectivity index (χ1n) is 31.2. The molecule has 5 aromatic rings. The fourth-order valence-corrected chi connectivity index (χ4v) is 11.9. The lowest BCUT2D eigenvalue weighted by molar-refractivity contribution is -0.336. The van der Waals surface area contributed by atoms with Crippen LogP contribution in [0.2, 0.25) is 0 Å². The average molecular weight is 1160 g/mol. The smallest absolute Gasteiger partial charge is 0.457 e. The number of hydrogen-bond donors (Lipinski definition) is 1. The van der Waals surface area contributed by atoms with Crippen molar-refractivity contribution in [2.75, 3.05) is 6.61 Å². The Kier molecular flexibility index (Phi) is 30.1. The van der Waals surface area contributed by atoms with Gasteiger partial charge in [-0.1, -0.05) is 281 Å². The summed E-state index contributed by atoms with van der Waals surface area (Å²) in [6.07, 6.45) is 15.5. The number of phosphoric ester groups is 1. The van der Waals surface area contributed by atoms with Gasteiger partial charge in [-0.25, -0.2) is 4.57 Å². The Morgan fingerprint density at radius 1 is 0.518 bits per heavy atom. The molecule has 452 valence electrons. The molecule has 0 aromatic heterocycles. The van der Waals surface area contributed by atoms with Gasteiger partial charge in [0.25, 0.3) is 0 Å². The van der Waals surface area contributed by atoms with Gasteiger partial charge in [0.15, 0.2) is 18.7 Å². The van der Waals surface area contributed by atoms with E-state index in [9.17, 15) is 4.79 Å². The van der Waals surface area contributed by atoms with Gasteiger partial charge in [0.2, 0.25) is 5.91 Å². The van der Waals surface area contributed by atoms with Gasteiger partial charge < -0.3 is 33.7 Å². The molecule has 1 N–H and O–H groups in total. The maximum Gasteiger partial charge on any atom is 0.477 e. The van der Waals surface area contributed by atoms with Crippen LogP contribution in [0.4, 0.5) is 0 Å². The zero-order valence-corrected chi connectivity index (χ0v) is 50.4. The highest BCUT2D eigenvalue weighted by atomic mass is 31.2. The molecule has 2 fully saturated rings. The van der Waals surface area contributed by atoms with Crippen molar-refractivity contribution in [1.82, 2.24) is 5.32 Å². The number of phosphoric acid groups is 1. The number of nitrogens with one attached hydrogen (secondary N) is 1. The monoisotopic (exact) mass is 1160 g/mol. The van der Waals surface area contributed by atoms with Crippen molar-refractivity contribution in [2.45, 2.75) is 231 Å². The first-order valence-corrected chi connectivity index (χ1v) is 32.7. The predicted octanol–water partition coefficient (Wildman–Crippen LogP) is 16.6. The lowest BCUT2D eigenvalue weighted by atomic mass is 9.94. The zero-order valence-electron chi connectivity index (χ0n) is 49.5. The molecule has 2 heterocycles. The number of unbranched alkanes of at least 4 members (excludes halogenated alkanes) is 16. The van der Waals surface area contributed by atoms with E-state index in [0.717, 1.165) is 66.3 Å². The SMILES string of the molecule is CCCCCCCCCCC[C@@H](CC(=O)N[C@H]1[C@@H](OP(=O)(OCc2ccccc2)OCc2ccccc2)O[C@@H]2COC(c3ccccc3)O[C@H]2[C@@H]1OC(=O)C[C@H](CCCCCCCCCCC)OCc1ccccc1)OCc1ccccc1. The number of benzene rings is 5. The largest absolute Gasteiger partial charge is 0.477 e. The van der Waals surface area contributed by atoms with E-state index in [1.54, 1.807) is 0 Å². The number of rotatable bonds is 41. The second-order valence-electron chi connectivity index (χ2n) is 22.3. The van der Waals surface area contributed by atoms with Gasteiger partial charge in [-0.2, -0.15) is 0 Å². The minimum Gasteiger partial charge on any atom is -0.457 e. The molecule has 5 aromatic carbocycles. The second kappa shape index (κ2) is 38.1. The second-order valence-corrected chi connectivity index (χ2v) is 23.9. The minimum absolute atomic E-state index is 0.0194. The highest BCUT2D eigenvalue weighted by Crippen LogP contribution is 2.54. The van der Waals surface area contributed by atoms with Gasteiger partial charge in [-0.05, 0) is 35.1 Å². The maximum absolute atomic E-state index is 15.3. The van der Waals surface area contributed by atoms with Crippen molar-refractivity contribution in [3.63, 3.8) is 0 Å². The van der Waals surface area contributed by atoms with Crippen LogP contribution in [0.3, 0.4) is 0 Å². The molecule has 0 bridgehead atoms. The molecule has 1 amide bonds. The Morgan fingerprint density at radius 2 is 0.928 bits per heavy atom. The van der Waals surface area contributed by atoms with Crippen molar-refractivity contribution < 1.29 is 56.1 Å². The first-order chi connectivity index (χ1) is 40.8. The van der Waals surface area contributed by atoms with Crippen LogP contribution >= 0.6 is 7.82 Å². The summed E-state index contributed by atoms with van der Waals surface area (Å²) in [7, 11) is -4.60. The summed E-state index contributed by atoms with van der Waals surface area (Å²) in [6, 6.07) is 46.6. The Labute approximate surface area is 495 Å². The molecule has 0 saturated carbocycles. The molecule has 14 heteroatoms. The molecular formula is C69H94NO12P. The molecule has 83 heavy (non-hydrogen) atoms. The van der Waals surface area contributed by atoms with E-state index in [1.165, 1.54) is 77.0 Å². The van der Waals surface area contributed by atoms with E-state index < -0.39 is 68.8 Å². The van der Waals surface area contributed by atoms with Crippen LogP contribution in [0, 0.1) is 0 Å². The number of fused-ring (bicyclic) bond motifs is 1. The molecule has 13 nitrogen and oxygen atoms in total. The van der Waals surface area contributed by atoms with Gasteiger partial charge in [0.05, 0.1) is 58.1 Å². The zero-order chi connectivity index (χ0) is 58.0. The van der Waals surface area contributed by atoms with Gasteiger partial charge in [-0.3, -0.25) is 23.2 Å². The lowest BCUT2D eigenvalue weighted by Gasteiger charge is -2.49. The third-order valence-corrected chi connectivity index (χ3v) is 16.8. The lowest BCUT2D eigenvalue weighted by Crippen LogP contribution is -2.67. The summed E-state index contributed by atoms with van der Waals surface area (Å²) in [6.45, 7) is 4.83. The molecule has 0 spiro atoms. The van der Waals surface area contributed by atoms with Gasteiger partial charge in [0, 0.05) is 5.56 Å². The standard InChI is InChI=1S/C69H94NO12P/c1-3-5-7-9-11-13-15-17-34-46-60(74-50-55-36-24-19-25-37-55)48-63(71)70-65-67(80-64(72)49-61(75-51-56-38-26-20-27-39-56)47-35-18-16-14-12-10-8-6-4-2)66-62(54-76-68(81-66)59-44-32-23-33-45-59)79-69(65)82-83(73,77-52-57-40-28-21-29-41-57)78-53-58-42-30-22-31-43-58/h19-33,36-45,60-62,65-69H,3-18,34-35,46-54H2,1-2H3,(H,70,71)/t60-,61-,62+,65+,66+,67+,68?,69+/m0/s1. The molecule has 2 aliphatic heterocycles. The summed E-state index contributed by atoms with van der Waals surface area (Å²) in [5.41, 5.74) is 4.18. The molecule has 0 radical (unpaired) electrons. The summed E-state index contributed by atoms with van der Waals surface area (Å²) in [4.78, 5) is 29.9. The van der Waals surface area contributed by atoms with Crippen LogP contribution in [-0.4, -0.2) is 61.3 Å². The molecule has 8 atom stereocenters. The normalized spacial score (nSPS) is 19.6. The Morgan fingerprint density at radius 3 is 1.39 bits per heavy atom. The van der Waals surface area contributed by atoms with Gasteiger partial charge in [0.1, 0.15) is 18.2 Å². The van der Waals surface area contributed by atoms with E-state index in [2.05, 4.69) is 19.2 Å². The number of hydrogen-bond acceptors (Lipinski definition) is 12. The molecular weight excluding hydrogens is 1070 g/mol. The van der Waals surface area contributed by atoms with Crippen molar-refractivity contribution in [3.8, 4) is 0 Å². The van der Waals surface area contributed by atoms with Crippen molar-refractivity contribution in [1.29, 1.82) is 0 Å². The van der Waals surface area contributed by atoms with Crippen LogP contribution in [-0.2, 0) is 82.6 Å². The molecule has 2 aliphatic rings. The van der Waals surface area contributed by atoms with Crippen LogP contribution < -0.4 is 5.32 Å². The van der Waals surface area contributed by atoms with E-state index in [0.29, 0.717) is 26.1 Å². The average Bonchev–Trinajstić information content (AvgIpc) is 3.52. The Hall–Kier alpha value is -5.05. The van der Waals surface area contributed by atoms with Gasteiger partial charge >= 0.3 is 13.8 Å². The van der Waals surface area contributed by atoms with Crippen LogP contribution in [0.1, 0.15) is 189 Å². The Bertz CT molecular complexity index is 2500. The van der Waals surface area contributed by atoms with Crippen molar-refractivity contribution in [2.24, 2.45) is 0 Å². The third-order valence-electron chi connectivity index (χ3n) is 15.4. The van der Waals surface area contributed by atoms with Crippen LogP contribution in [0.5, 0.6) is 0 Å². The van der Waals surface area contributed by atoms with Crippen molar-refractivity contribution in [3.05, 3.63) is 179 Å².